The highest BCUT2D eigenvalue weighted by Crippen LogP contribution is 2.20. The van der Waals surface area contributed by atoms with Crippen molar-refractivity contribution in [1.29, 1.82) is 0 Å². The second-order valence-corrected chi connectivity index (χ2v) is 7.33. The van der Waals surface area contributed by atoms with E-state index >= 15 is 0 Å². The second-order valence-electron chi connectivity index (χ2n) is 7.33. The summed E-state index contributed by atoms with van der Waals surface area (Å²) in [6.07, 6.45) is 0.962. The Hall–Kier alpha value is -3.47. The van der Waals surface area contributed by atoms with Crippen LogP contribution in [0.2, 0.25) is 0 Å². The lowest BCUT2D eigenvalue weighted by atomic mass is 10.1. The van der Waals surface area contributed by atoms with Crippen LogP contribution in [0.15, 0.2) is 78.9 Å². The molecule has 0 spiro atoms. The number of nitrogens with zero attached hydrogens (tertiary/aromatic N) is 3. The number of rotatable bonds is 7. The van der Waals surface area contributed by atoms with Crippen molar-refractivity contribution in [2.75, 3.05) is 0 Å². The van der Waals surface area contributed by atoms with Gasteiger partial charge < -0.3 is 9.47 Å². The maximum atomic E-state index is 13.8. The number of amides is 1. The molecule has 1 amide bonds. The van der Waals surface area contributed by atoms with Gasteiger partial charge in [-0.25, -0.2) is 9.37 Å². The molecule has 0 saturated carbocycles. The van der Waals surface area contributed by atoms with Crippen molar-refractivity contribution in [3.8, 4) is 0 Å². The van der Waals surface area contributed by atoms with Crippen LogP contribution in [0.4, 0.5) is 4.39 Å². The number of benzene rings is 3. The molecule has 3 aromatic carbocycles. The maximum absolute atomic E-state index is 13.8. The molecule has 5 heteroatoms. The van der Waals surface area contributed by atoms with Gasteiger partial charge in [-0.1, -0.05) is 55.5 Å². The molecule has 0 fully saturated rings. The largest absolute Gasteiger partial charge is 0.327 e. The Balaban J connectivity index is 1.72. The fourth-order valence-corrected chi connectivity index (χ4v) is 3.70. The van der Waals surface area contributed by atoms with E-state index in [1.54, 1.807) is 17.0 Å². The summed E-state index contributed by atoms with van der Waals surface area (Å²) in [6.45, 7) is 3.71. The van der Waals surface area contributed by atoms with Crippen LogP contribution in [0.1, 0.15) is 35.1 Å². The Morgan fingerprint density at radius 1 is 0.967 bits per heavy atom. The Kier molecular flexibility index (Phi) is 5.89. The Morgan fingerprint density at radius 2 is 1.73 bits per heavy atom. The normalized spacial score (nSPS) is 11.0. The first-order chi connectivity index (χ1) is 14.7. The number of aryl methyl sites for hydroxylation is 1. The van der Waals surface area contributed by atoms with Gasteiger partial charge in [-0.15, -0.1) is 0 Å². The van der Waals surface area contributed by atoms with Crippen LogP contribution in [0.3, 0.4) is 0 Å². The van der Waals surface area contributed by atoms with Crippen molar-refractivity contribution >= 4 is 16.9 Å². The molecule has 4 rings (SSSR count). The van der Waals surface area contributed by atoms with E-state index in [0.29, 0.717) is 18.7 Å². The number of halogens is 1. The molecule has 0 aliphatic heterocycles. The van der Waals surface area contributed by atoms with Crippen LogP contribution in [0.25, 0.3) is 11.0 Å². The number of aromatic nitrogens is 2. The van der Waals surface area contributed by atoms with Crippen LogP contribution in [0, 0.1) is 5.82 Å². The summed E-state index contributed by atoms with van der Waals surface area (Å²) in [4.78, 5) is 19.8. The molecule has 0 N–H and O–H groups in total. The molecule has 0 saturated heterocycles. The van der Waals surface area contributed by atoms with Crippen molar-refractivity contribution in [2.24, 2.45) is 0 Å². The first kappa shape index (κ1) is 19.8. The molecule has 0 bridgehead atoms. The van der Waals surface area contributed by atoms with Crippen LogP contribution < -0.4 is 0 Å². The zero-order valence-corrected chi connectivity index (χ0v) is 17.0. The van der Waals surface area contributed by atoms with Gasteiger partial charge in [-0.05, 0) is 42.3 Å². The zero-order chi connectivity index (χ0) is 20.9. The highest BCUT2D eigenvalue weighted by Gasteiger charge is 2.20. The Bertz CT molecular complexity index is 1150. The summed E-state index contributed by atoms with van der Waals surface area (Å²) >= 11 is 0. The first-order valence-corrected chi connectivity index (χ1v) is 10.2. The third-order valence-electron chi connectivity index (χ3n) is 5.09. The number of hydrogen-bond acceptors (Lipinski definition) is 2. The molecule has 0 aliphatic carbocycles. The van der Waals surface area contributed by atoms with E-state index in [0.717, 1.165) is 35.4 Å². The average Bonchev–Trinajstić information content (AvgIpc) is 3.11. The van der Waals surface area contributed by atoms with E-state index in [4.69, 9.17) is 4.98 Å². The summed E-state index contributed by atoms with van der Waals surface area (Å²) in [5, 5.41) is 0. The van der Waals surface area contributed by atoms with Gasteiger partial charge in [-0.3, -0.25) is 4.79 Å². The minimum Gasteiger partial charge on any atom is -0.327 e. The number of carbonyl (C=O) groups is 1. The lowest BCUT2D eigenvalue weighted by molar-refractivity contribution is 0.0723. The predicted octanol–water partition coefficient (Wildman–Crippen LogP) is 5.43. The van der Waals surface area contributed by atoms with E-state index < -0.39 is 5.82 Å². The van der Waals surface area contributed by atoms with Crippen LogP contribution >= 0.6 is 0 Å². The van der Waals surface area contributed by atoms with Gasteiger partial charge in [0.2, 0.25) is 0 Å². The maximum Gasteiger partial charge on any atom is 0.254 e. The molecule has 0 unspecified atom stereocenters. The lowest BCUT2D eigenvalue weighted by Gasteiger charge is -2.23. The second kappa shape index (κ2) is 8.91. The van der Waals surface area contributed by atoms with E-state index in [-0.39, 0.29) is 5.91 Å². The number of para-hydroxylation sites is 2. The number of hydrogen-bond donors (Lipinski definition) is 0. The van der Waals surface area contributed by atoms with Crippen molar-refractivity contribution in [3.05, 3.63) is 102 Å². The van der Waals surface area contributed by atoms with Gasteiger partial charge in [0.15, 0.2) is 0 Å². The SMILES string of the molecule is CCCn1c(CN(Cc2ccccc2)C(=O)c2cccc(F)c2)nc2ccccc21. The van der Waals surface area contributed by atoms with Gasteiger partial charge >= 0.3 is 0 Å². The van der Waals surface area contributed by atoms with Crippen molar-refractivity contribution in [1.82, 2.24) is 14.5 Å². The minimum absolute atomic E-state index is 0.214. The number of fused-ring (bicyclic) bond motifs is 1. The minimum atomic E-state index is -0.418. The fraction of sp³-hybridized carbons (Fsp3) is 0.200. The molecule has 0 aliphatic rings. The molecule has 0 atom stereocenters. The van der Waals surface area contributed by atoms with Crippen LogP contribution in [0.5, 0.6) is 0 Å². The van der Waals surface area contributed by atoms with E-state index in [1.807, 2.05) is 48.5 Å². The quantitative estimate of drug-likeness (QED) is 0.414. The van der Waals surface area contributed by atoms with E-state index in [1.165, 1.54) is 12.1 Å². The van der Waals surface area contributed by atoms with Crippen LogP contribution in [-0.2, 0) is 19.6 Å². The molecule has 1 heterocycles. The summed E-state index contributed by atoms with van der Waals surface area (Å²) in [5.41, 5.74) is 3.33. The molecular weight excluding hydrogens is 377 g/mol. The van der Waals surface area contributed by atoms with Gasteiger partial charge in [0.05, 0.1) is 17.6 Å². The van der Waals surface area contributed by atoms with Gasteiger partial charge in [0, 0.05) is 18.7 Å². The Labute approximate surface area is 175 Å². The lowest BCUT2D eigenvalue weighted by Crippen LogP contribution is -2.31. The van der Waals surface area contributed by atoms with Gasteiger partial charge in [-0.2, -0.15) is 0 Å². The van der Waals surface area contributed by atoms with E-state index in [2.05, 4.69) is 17.6 Å². The molecule has 30 heavy (non-hydrogen) atoms. The zero-order valence-electron chi connectivity index (χ0n) is 17.0. The molecule has 0 radical (unpaired) electrons. The predicted molar refractivity (Wildman–Crippen MR) is 116 cm³/mol. The highest BCUT2D eigenvalue weighted by molar-refractivity contribution is 5.94. The molecule has 152 valence electrons. The first-order valence-electron chi connectivity index (χ1n) is 10.2. The van der Waals surface area contributed by atoms with Crippen molar-refractivity contribution in [3.63, 3.8) is 0 Å². The third-order valence-corrected chi connectivity index (χ3v) is 5.09. The van der Waals surface area contributed by atoms with Gasteiger partial charge in [0.25, 0.3) is 5.91 Å². The van der Waals surface area contributed by atoms with Crippen LogP contribution in [-0.4, -0.2) is 20.4 Å². The highest BCUT2D eigenvalue weighted by atomic mass is 19.1. The number of imidazole rings is 1. The molecule has 4 aromatic rings. The molecule has 1 aromatic heterocycles. The average molecular weight is 401 g/mol. The van der Waals surface area contributed by atoms with Gasteiger partial charge in [0.1, 0.15) is 11.6 Å². The van der Waals surface area contributed by atoms with Crippen molar-refractivity contribution < 1.29 is 9.18 Å². The summed E-state index contributed by atoms with van der Waals surface area (Å²) in [5.74, 6) is 0.200. The Morgan fingerprint density at radius 3 is 2.50 bits per heavy atom. The number of carbonyl (C=O) groups excluding carboxylic acids is 1. The van der Waals surface area contributed by atoms with Crippen molar-refractivity contribution in [2.45, 2.75) is 33.0 Å². The smallest absolute Gasteiger partial charge is 0.254 e. The fourth-order valence-electron chi connectivity index (χ4n) is 3.70. The summed E-state index contributed by atoms with van der Waals surface area (Å²) in [6, 6.07) is 23.7. The monoisotopic (exact) mass is 401 g/mol. The molecular formula is C25H24FN3O. The third kappa shape index (κ3) is 4.25. The molecule has 4 nitrogen and oxygen atoms in total. The van der Waals surface area contributed by atoms with E-state index in [9.17, 15) is 9.18 Å². The summed E-state index contributed by atoms with van der Waals surface area (Å²) < 4.78 is 15.9. The standard InChI is InChI=1S/C25H24FN3O/c1-2-15-29-23-14-7-6-13-22(23)27-24(29)18-28(17-19-9-4-3-5-10-19)25(30)20-11-8-12-21(26)16-20/h3-14,16H,2,15,17-18H2,1H3. The summed E-state index contributed by atoms with van der Waals surface area (Å²) in [7, 11) is 0. The topological polar surface area (TPSA) is 38.1 Å².